The maximum absolute atomic E-state index is 10.5. The molecule has 2 N–H and O–H groups in total. The van der Waals surface area contributed by atoms with Crippen molar-refractivity contribution in [3.8, 4) is 0 Å². The minimum Gasteiger partial charge on any atom is -0.341 e. The smallest absolute Gasteiger partial charge is 0.294 e. The monoisotopic (exact) mass is 468 g/mol. The second-order valence-electron chi connectivity index (χ2n) is 6.76. The van der Waals surface area contributed by atoms with Gasteiger partial charge in [0.25, 0.3) is 10.1 Å². The van der Waals surface area contributed by atoms with Gasteiger partial charge in [0.05, 0.1) is 4.90 Å². The van der Waals surface area contributed by atoms with Crippen molar-refractivity contribution in [2.24, 2.45) is 0 Å². The van der Waals surface area contributed by atoms with E-state index in [4.69, 9.17) is 16.8 Å². The van der Waals surface area contributed by atoms with Crippen molar-refractivity contribution >= 4 is 44.1 Å². The maximum atomic E-state index is 10.5. The summed E-state index contributed by atoms with van der Waals surface area (Å²) in [6.07, 6.45) is 2.44. The lowest BCUT2D eigenvalue weighted by molar-refractivity contribution is 0.292. The molecule has 0 aliphatic rings. The van der Waals surface area contributed by atoms with E-state index in [9.17, 15) is 8.42 Å². The van der Waals surface area contributed by atoms with Gasteiger partial charge in [-0.05, 0) is 57.1 Å². The Labute approximate surface area is 191 Å². The third-order valence-electron chi connectivity index (χ3n) is 4.06. The minimum absolute atomic E-state index is 0.0666. The van der Waals surface area contributed by atoms with Crippen molar-refractivity contribution in [3.63, 3.8) is 0 Å². The molecule has 2 rings (SSSR count). The first-order chi connectivity index (χ1) is 14.3. The molecule has 0 aliphatic heterocycles. The zero-order chi connectivity index (χ0) is 22.4. The number of nitrogens with one attached hydrogen (secondary N) is 1. The van der Waals surface area contributed by atoms with Gasteiger partial charge in [-0.15, -0.1) is 0 Å². The molecule has 0 spiro atoms. The molecule has 0 atom stereocenters. The predicted octanol–water partition coefficient (Wildman–Crippen LogP) is 5.48. The normalized spacial score (nSPS) is 11.0. The molecule has 0 saturated carbocycles. The van der Waals surface area contributed by atoms with Gasteiger partial charge >= 0.3 is 0 Å². The van der Waals surface area contributed by atoms with Crippen molar-refractivity contribution in [2.75, 3.05) is 30.7 Å². The number of para-hydroxylation sites is 1. The largest absolute Gasteiger partial charge is 0.341 e. The summed E-state index contributed by atoms with van der Waals surface area (Å²) >= 11 is 7.08. The molecule has 166 valence electrons. The molecule has 0 amide bonds. The Morgan fingerprint density at radius 1 is 1.00 bits per heavy atom. The number of benzene rings is 2. The standard InChI is InChI=1S/C15H24N2S2.C7H8O3S/c1-3-10-17(11-4-2)12-13-19-15(18)16-14-8-6-5-7-9-14;1-6-2-4-7(5-3-6)11(8,9)10/h5-9H,3-4,10-13H2,1-2H3,(H,16,18);2-5H,1H3,(H,8,9,10). The van der Waals surface area contributed by atoms with Crippen molar-refractivity contribution in [1.82, 2.24) is 4.90 Å². The molecule has 0 fully saturated rings. The van der Waals surface area contributed by atoms with E-state index < -0.39 is 10.1 Å². The quantitative estimate of drug-likeness (QED) is 0.373. The maximum Gasteiger partial charge on any atom is 0.294 e. The van der Waals surface area contributed by atoms with Crippen molar-refractivity contribution in [2.45, 2.75) is 38.5 Å². The number of hydrogen-bond donors (Lipinski definition) is 2. The Morgan fingerprint density at radius 2 is 1.57 bits per heavy atom. The van der Waals surface area contributed by atoms with Gasteiger partial charge in [0.15, 0.2) is 0 Å². The summed E-state index contributed by atoms with van der Waals surface area (Å²) in [5, 5.41) is 3.26. The topological polar surface area (TPSA) is 69.6 Å². The van der Waals surface area contributed by atoms with E-state index in [1.165, 1.54) is 38.1 Å². The molecule has 0 unspecified atom stereocenters. The molecule has 0 bridgehead atoms. The van der Waals surface area contributed by atoms with E-state index in [1.807, 2.05) is 37.3 Å². The molecule has 2 aromatic carbocycles. The molecule has 8 heteroatoms. The third-order valence-corrected chi connectivity index (χ3v) is 6.13. The lowest BCUT2D eigenvalue weighted by atomic mass is 10.2. The average Bonchev–Trinajstić information content (AvgIpc) is 2.69. The summed E-state index contributed by atoms with van der Waals surface area (Å²) in [6.45, 7) is 9.80. The van der Waals surface area contributed by atoms with E-state index >= 15 is 0 Å². The highest BCUT2D eigenvalue weighted by molar-refractivity contribution is 8.23. The van der Waals surface area contributed by atoms with Crippen molar-refractivity contribution in [3.05, 3.63) is 60.2 Å². The Morgan fingerprint density at radius 3 is 2.07 bits per heavy atom. The highest BCUT2D eigenvalue weighted by Gasteiger charge is 2.07. The van der Waals surface area contributed by atoms with Gasteiger partial charge < -0.3 is 10.2 Å². The zero-order valence-electron chi connectivity index (χ0n) is 17.9. The first-order valence-electron chi connectivity index (χ1n) is 10.0. The van der Waals surface area contributed by atoms with Crippen LogP contribution in [-0.4, -0.2) is 47.6 Å². The van der Waals surface area contributed by atoms with Crippen LogP contribution in [0.25, 0.3) is 0 Å². The van der Waals surface area contributed by atoms with E-state index in [2.05, 4.69) is 24.1 Å². The van der Waals surface area contributed by atoms with E-state index in [0.29, 0.717) is 0 Å². The summed E-state index contributed by atoms with van der Waals surface area (Å²) in [4.78, 5) is 2.45. The fourth-order valence-corrected chi connectivity index (χ4v) is 4.19. The molecule has 0 aromatic heterocycles. The Kier molecular flexibility index (Phi) is 12.9. The average molecular weight is 469 g/mol. The summed E-state index contributed by atoms with van der Waals surface area (Å²) in [6, 6.07) is 16.1. The fourth-order valence-electron chi connectivity index (χ4n) is 2.62. The molecule has 0 heterocycles. The second kappa shape index (κ2) is 14.5. The van der Waals surface area contributed by atoms with Gasteiger partial charge in [-0.1, -0.05) is 73.7 Å². The first-order valence-corrected chi connectivity index (χ1v) is 12.8. The van der Waals surface area contributed by atoms with Crippen LogP contribution in [-0.2, 0) is 10.1 Å². The molecule has 0 aliphatic carbocycles. The van der Waals surface area contributed by atoms with Gasteiger partial charge in [0, 0.05) is 18.0 Å². The first kappa shape index (κ1) is 26.6. The van der Waals surface area contributed by atoms with E-state index in [1.54, 1.807) is 23.9 Å². The van der Waals surface area contributed by atoms with Crippen LogP contribution >= 0.6 is 24.0 Å². The Bertz CT molecular complexity index is 836. The summed E-state index contributed by atoms with van der Waals surface area (Å²) in [5.41, 5.74) is 2.02. The van der Waals surface area contributed by atoms with Crippen molar-refractivity contribution < 1.29 is 13.0 Å². The number of hydrogen-bond acceptors (Lipinski definition) is 5. The highest BCUT2D eigenvalue weighted by atomic mass is 32.2. The van der Waals surface area contributed by atoms with E-state index in [-0.39, 0.29) is 4.90 Å². The molecular formula is C22H32N2O3S3. The molecule has 5 nitrogen and oxygen atoms in total. The number of thioether (sulfide) groups is 1. The van der Waals surface area contributed by atoms with E-state index in [0.717, 1.165) is 27.9 Å². The van der Waals surface area contributed by atoms with Gasteiger partial charge in [-0.2, -0.15) is 8.42 Å². The zero-order valence-corrected chi connectivity index (χ0v) is 20.3. The fraction of sp³-hybridized carbons (Fsp3) is 0.409. The number of aryl methyl sites for hydroxylation is 1. The second-order valence-corrected chi connectivity index (χ2v) is 9.95. The summed E-state index contributed by atoms with van der Waals surface area (Å²) in [7, 11) is -4.02. The van der Waals surface area contributed by atoms with Crippen LogP contribution in [0.15, 0.2) is 59.5 Å². The Balaban J connectivity index is 0.000000346. The lowest BCUT2D eigenvalue weighted by Gasteiger charge is -2.20. The summed E-state index contributed by atoms with van der Waals surface area (Å²) in [5.74, 6) is 1.05. The predicted molar refractivity (Wildman–Crippen MR) is 133 cm³/mol. The number of nitrogens with zero attached hydrogens (tertiary/aromatic N) is 1. The van der Waals surface area contributed by atoms with Crippen LogP contribution in [0.5, 0.6) is 0 Å². The van der Waals surface area contributed by atoms with Gasteiger partial charge in [-0.25, -0.2) is 0 Å². The number of rotatable bonds is 9. The van der Waals surface area contributed by atoms with Gasteiger partial charge in [0.2, 0.25) is 0 Å². The van der Waals surface area contributed by atoms with Gasteiger partial charge in [-0.3, -0.25) is 4.55 Å². The SMILES string of the molecule is CCCN(CCC)CCSC(=S)Nc1ccccc1.Cc1ccc(S(=O)(=O)O)cc1. The Hall–Kier alpha value is -1.45. The third kappa shape index (κ3) is 11.7. The molecule has 0 saturated heterocycles. The van der Waals surface area contributed by atoms with Crippen molar-refractivity contribution in [1.29, 1.82) is 0 Å². The minimum atomic E-state index is -4.02. The van der Waals surface area contributed by atoms with Crippen LogP contribution in [0, 0.1) is 6.92 Å². The van der Waals surface area contributed by atoms with Crippen LogP contribution in [0.4, 0.5) is 5.69 Å². The molecule has 0 radical (unpaired) electrons. The van der Waals surface area contributed by atoms with Gasteiger partial charge in [0.1, 0.15) is 4.32 Å². The molecule has 2 aromatic rings. The number of thiocarbonyl (C=S) groups is 1. The number of anilines is 1. The van der Waals surface area contributed by atoms with Crippen LogP contribution in [0.2, 0.25) is 0 Å². The summed E-state index contributed by atoms with van der Waals surface area (Å²) < 4.78 is 30.4. The van der Waals surface area contributed by atoms with Crippen LogP contribution < -0.4 is 5.32 Å². The highest BCUT2D eigenvalue weighted by Crippen LogP contribution is 2.12. The van der Waals surface area contributed by atoms with Crippen LogP contribution in [0.3, 0.4) is 0 Å². The molecular weight excluding hydrogens is 436 g/mol. The lowest BCUT2D eigenvalue weighted by Crippen LogP contribution is -2.28. The van der Waals surface area contributed by atoms with Crippen LogP contribution in [0.1, 0.15) is 32.3 Å². The molecule has 30 heavy (non-hydrogen) atoms.